The third-order valence-electron chi connectivity index (χ3n) is 4.22. The molecule has 1 aromatic carbocycles. The number of aromatic nitrogens is 2. The molecule has 0 aliphatic rings. The third-order valence-corrected chi connectivity index (χ3v) is 4.22. The molecular formula is C21H18F3N3O2. The number of hydrogen-bond donors (Lipinski definition) is 1. The Morgan fingerprint density at radius 2 is 1.90 bits per heavy atom. The zero-order valence-corrected chi connectivity index (χ0v) is 15.7. The van der Waals surface area contributed by atoms with Crippen LogP contribution < -0.4 is 10.1 Å². The van der Waals surface area contributed by atoms with Crippen LogP contribution in [0.4, 0.5) is 18.9 Å². The zero-order chi connectivity index (χ0) is 21.0. The monoisotopic (exact) mass is 401 g/mol. The number of rotatable bonds is 5. The van der Waals surface area contributed by atoms with Crippen molar-refractivity contribution in [2.45, 2.75) is 20.0 Å². The Hall–Kier alpha value is -3.42. The smallest absolute Gasteiger partial charge is 0.422 e. The zero-order valence-electron chi connectivity index (χ0n) is 15.7. The lowest BCUT2D eigenvalue weighted by molar-refractivity contribution is -0.154. The molecule has 0 saturated carbocycles. The molecular weight excluding hydrogens is 383 g/mol. The predicted octanol–water partition coefficient (Wildman–Crippen LogP) is 4.95. The Bertz CT molecular complexity index is 1020. The van der Waals surface area contributed by atoms with Crippen LogP contribution in [-0.4, -0.2) is 28.7 Å². The molecule has 0 unspecified atom stereocenters. The summed E-state index contributed by atoms with van der Waals surface area (Å²) in [5.41, 5.74) is 3.66. The van der Waals surface area contributed by atoms with Gasteiger partial charge in [0.1, 0.15) is 0 Å². The first kappa shape index (κ1) is 20.3. The van der Waals surface area contributed by atoms with Gasteiger partial charge in [-0.15, -0.1) is 0 Å². The van der Waals surface area contributed by atoms with Gasteiger partial charge in [0.15, 0.2) is 6.61 Å². The second kappa shape index (κ2) is 8.30. The molecule has 3 aromatic rings. The van der Waals surface area contributed by atoms with Crippen molar-refractivity contribution in [3.8, 4) is 17.0 Å². The van der Waals surface area contributed by atoms with E-state index in [1.165, 1.54) is 18.5 Å². The van der Waals surface area contributed by atoms with Crippen LogP contribution >= 0.6 is 0 Å². The summed E-state index contributed by atoms with van der Waals surface area (Å²) >= 11 is 0. The van der Waals surface area contributed by atoms with Crippen molar-refractivity contribution >= 4 is 11.6 Å². The minimum absolute atomic E-state index is 0.162. The van der Waals surface area contributed by atoms with Crippen molar-refractivity contribution in [2.75, 3.05) is 11.9 Å². The van der Waals surface area contributed by atoms with Gasteiger partial charge in [0.25, 0.3) is 5.91 Å². The van der Waals surface area contributed by atoms with E-state index in [2.05, 4.69) is 15.3 Å². The lowest BCUT2D eigenvalue weighted by Crippen LogP contribution is -2.20. The van der Waals surface area contributed by atoms with Gasteiger partial charge in [-0.25, -0.2) is 4.98 Å². The van der Waals surface area contributed by atoms with Gasteiger partial charge in [-0.05, 0) is 48.7 Å². The van der Waals surface area contributed by atoms with Gasteiger partial charge in [-0.2, -0.15) is 13.2 Å². The largest absolute Gasteiger partial charge is 0.468 e. The highest BCUT2D eigenvalue weighted by Gasteiger charge is 2.29. The number of aryl methyl sites for hydroxylation is 2. The minimum atomic E-state index is -4.49. The van der Waals surface area contributed by atoms with E-state index in [1.54, 1.807) is 24.4 Å². The number of nitrogens with one attached hydrogen (secondary N) is 1. The quantitative estimate of drug-likeness (QED) is 0.657. The fraction of sp³-hybridized carbons (Fsp3) is 0.190. The molecule has 0 aliphatic carbocycles. The van der Waals surface area contributed by atoms with Crippen molar-refractivity contribution < 1.29 is 22.7 Å². The van der Waals surface area contributed by atoms with Crippen LogP contribution in [0.15, 0.2) is 55.0 Å². The average molecular weight is 401 g/mol. The average Bonchev–Trinajstić information content (AvgIpc) is 2.69. The van der Waals surface area contributed by atoms with E-state index in [9.17, 15) is 18.0 Å². The van der Waals surface area contributed by atoms with E-state index in [4.69, 9.17) is 4.74 Å². The first-order valence-electron chi connectivity index (χ1n) is 8.71. The van der Waals surface area contributed by atoms with Gasteiger partial charge in [-0.3, -0.25) is 9.78 Å². The molecule has 0 fully saturated rings. The molecule has 0 atom stereocenters. The molecule has 1 amide bonds. The molecule has 2 aromatic heterocycles. The third kappa shape index (κ3) is 5.31. The molecule has 8 heteroatoms. The van der Waals surface area contributed by atoms with Crippen molar-refractivity contribution in [2.24, 2.45) is 0 Å². The van der Waals surface area contributed by atoms with Crippen LogP contribution in [0.2, 0.25) is 0 Å². The molecule has 5 nitrogen and oxygen atoms in total. The maximum atomic E-state index is 12.6. The summed E-state index contributed by atoms with van der Waals surface area (Å²) in [5, 5.41) is 2.67. The van der Waals surface area contributed by atoms with Gasteiger partial charge < -0.3 is 10.1 Å². The van der Waals surface area contributed by atoms with Gasteiger partial charge in [-0.1, -0.05) is 18.2 Å². The summed E-state index contributed by atoms with van der Waals surface area (Å²) in [7, 11) is 0. The molecule has 0 saturated heterocycles. The second-order valence-electron chi connectivity index (χ2n) is 6.48. The highest BCUT2D eigenvalue weighted by atomic mass is 19.4. The van der Waals surface area contributed by atoms with Crippen LogP contribution in [0.1, 0.15) is 21.5 Å². The first-order valence-corrected chi connectivity index (χ1v) is 8.71. The maximum absolute atomic E-state index is 12.6. The second-order valence-corrected chi connectivity index (χ2v) is 6.48. The Kier molecular flexibility index (Phi) is 5.81. The number of halogens is 3. The fourth-order valence-corrected chi connectivity index (χ4v) is 2.60. The van der Waals surface area contributed by atoms with Gasteiger partial charge in [0, 0.05) is 18.0 Å². The van der Waals surface area contributed by atoms with Crippen molar-refractivity contribution in [3.05, 3.63) is 71.7 Å². The summed E-state index contributed by atoms with van der Waals surface area (Å²) in [6.07, 6.45) is -0.281. The summed E-state index contributed by atoms with van der Waals surface area (Å²) in [4.78, 5) is 20.2. The number of pyridine rings is 2. The molecule has 150 valence electrons. The number of carbonyl (C=O) groups excluding carboxylic acids is 1. The summed E-state index contributed by atoms with van der Waals surface area (Å²) in [6.45, 7) is 2.37. The summed E-state index contributed by atoms with van der Waals surface area (Å²) in [6, 6.07) is 10.2. The number of alkyl halides is 3. The van der Waals surface area contributed by atoms with E-state index < -0.39 is 18.7 Å². The van der Waals surface area contributed by atoms with Gasteiger partial charge in [0.2, 0.25) is 5.88 Å². The summed E-state index contributed by atoms with van der Waals surface area (Å²) < 4.78 is 42.8. The fourth-order valence-electron chi connectivity index (χ4n) is 2.60. The molecule has 2 heterocycles. The highest BCUT2D eigenvalue weighted by Crippen LogP contribution is 2.33. The first-order chi connectivity index (χ1) is 13.7. The number of anilines is 1. The van der Waals surface area contributed by atoms with E-state index in [0.29, 0.717) is 22.4 Å². The highest BCUT2D eigenvalue weighted by molar-refractivity contribution is 6.04. The summed E-state index contributed by atoms with van der Waals surface area (Å²) in [5.74, 6) is -0.570. The molecule has 1 N–H and O–H groups in total. The van der Waals surface area contributed by atoms with Gasteiger partial charge >= 0.3 is 6.18 Å². The lowest BCUT2D eigenvalue weighted by Gasteiger charge is -2.15. The van der Waals surface area contributed by atoms with Crippen LogP contribution in [0.5, 0.6) is 5.88 Å². The van der Waals surface area contributed by atoms with E-state index >= 15 is 0 Å². The molecule has 0 bridgehead atoms. The molecule has 0 spiro atoms. The Morgan fingerprint density at radius 3 is 2.55 bits per heavy atom. The molecule has 3 rings (SSSR count). The Labute approximate surface area is 165 Å². The predicted molar refractivity (Wildman–Crippen MR) is 103 cm³/mol. The number of amides is 1. The van der Waals surface area contributed by atoms with Crippen molar-refractivity contribution in [1.82, 2.24) is 9.97 Å². The van der Waals surface area contributed by atoms with Crippen molar-refractivity contribution in [1.29, 1.82) is 0 Å². The Balaban J connectivity index is 1.95. The topological polar surface area (TPSA) is 64.1 Å². The van der Waals surface area contributed by atoms with Crippen LogP contribution in [0.25, 0.3) is 11.1 Å². The number of nitrogens with zero attached hydrogens (tertiary/aromatic N) is 2. The molecule has 0 radical (unpaired) electrons. The van der Waals surface area contributed by atoms with Crippen LogP contribution in [0.3, 0.4) is 0 Å². The number of benzene rings is 1. The number of ether oxygens (including phenoxy) is 1. The molecule has 0 aliphatic heterocycles. The minimum Gasteiger partial charge on any atom is -0.468 e. The standard InChI is InChI=1S/C21H18F3N3O2/c1-13-5-6-15(8-14(13)2)18-9-17(11-26-20(18)29-12-21(22,23)24)27-19(28)16-4-3-7-25-10-16/h3-11H,12H2,1-2H3,(H,27,28). The Morgan fingerprint density at radius 1 is 1.10 bits per heavy atom. The normalized spacial score (nSPS) is 11.2. The van der Waals surface area contributed by atoms with E-state index in [1.807, 2.05) is 26.0 Å². The maximum Gasteiger partial charge on any atom is 0.422 e. The van der Waals surface area contributed by atoms with Gasteiger partial charge in [0.05, 0.1) is 17.4 Å². The lowest BCUT2D eigenvalue weighted by atomic mass is 10.0. The number of hydrogen-bond acceptors (Lipinski definition) is 4. The van der Waals surface area contributed by atoms with E-state index in [0.717, 1.165) is 11.1 Å². The van der Waals surface area contributed by atoms with Crippen molar-refractivity contribution in [3.63, 3.8) is 0 Å². The van der Waals surface area contributed by atoms with Crippen LogP contribution in [0, 0.1) is 13.8 Å². The van der Waals surface area contributed by atoms with E-state index in [-0.39, 0.29) is 5.88 Å². The SMILES string of the molecule is Cc1ccc(-c2cc(NC(=O)c3cccnc3)cnc2OCC(F)(F)F)cc1C. The molecule has 29 heavy (non-hydrogen) atoms. The number of carbonyl (C=O) groups is 1. The van der Waals surface area contributed by atoms with Crippen LogP contribution in [-0.2, 0) is 0 Å².